The van der Waals surface area contributed by atoms with Gasteiger partial charge in [-0.05, 0) is 47.4 Å². The van der Waals surface area contributed by atoms with E-state index in [1.807, 2.05) is 33.4 Å². The third-order valence-electron chi connectivity index (χ3n) is 5.89. The minimum Gasteiger partial charge on any atom is -0.299 e. The van der Waals surface area contributed by atoms with Crippen LogP contribution >= 0.6 is 0 Å². The van der Waals surface area contributed by atoms with Gasteiger partial charge in [-0.25, -0.2) is 9.89 Å². The number of tetrazole rings is 1. The first-order valence-electron chi connectivity index (χ1n) is 11.8. The molecule has 1 aromatic carbocycles. The average molecular weight is 446 g/mol. The molecule has 3 aromatic heterocycles. The van der Waals surface area contributed by atoms with Gasteiger partial charge in [0, 0.05) is 35.8 Å². The van der Waals surface area contributed by atoms with E-state index in [1.165, 1.54) is 0 Å². The van der Waals surface area contributed by atoms with E-state index >= 15 is 0 Å². The molecule has 3 heterocycles. The van der Waals surface area contributed by atoms with Crippen LogP contribution in [0.1, 0.15) is 57.2 Å². The van der Waals surface area contributed by atoms with Crippen molar-refractivity contribution < 1.29 is 0 Å². The topological polar surface area (TPSA) is 94.3 Å². The van der Waals surface area contributed by atoms with Crippen LogP contribution in [0.3, 0.4) is 0 Å². The van der Waals surface area contributed by atoms with E-state index in [0.29, 0.717) is 12.4 Å². The van der Waals surface area contributed by atoms with Crippen molar-refractivity contribution >= 4 is 0 Å². The quantitative estimate of drug-likeness (QED) is 0.344. The monoisotopic (exact) mass is 445 g/mol. The van der Waals surface area contributed by atoms with Gasteiger partial charge in [0.05, 0.1) is 12.2 Å². The standard InChI is InChI=1S/C25H31N7O/c1-3-5-7-16-31-18-21(9-6-4-2)32(25(31)33)17-19-11-13-20(14-12-19)23-22(10-8-15-26-23)24-27-29-30-28-24/h8,10-15,18H,3-7,9,16-17H2,1-2H3,(H,27,28,29,30). The molecular formula is C25H31N7O. The van der Waals surface area contributed by atoms with Crippen LogP contribution in [0.25, 0.3) is 22.6 Å². The van der Waals surface area contributed by atoms with Crippen LogP contribution in [0.5, 0.6) is 0 Å². The number of aromatic amines is 1. The van der Waals surface area contributed by atoms with Crippen LogP contribution in [-0.4, -0.2) is 34.7 Å². The second-order valence-corrected chi connectivity index (χ2v) is 8.34. The van der Waals surface area contributed by atoms with Crippen molar-refractivity contribution in [1.82, 2.24) is 34.7 Å². The number of H-pyrrole nitrogens is 1. The molecule has 0 saturated carbocycles. The first-order valence-corrected chi connectivity index (χ1v) is 11.8. The summed E-state index contributed by atoms with van der Waals surface area (Å²) in [5, 5.41) is 14.2. The Morgan fingerprint density at radius 3 is 2.55 bits per heavy atom. The summed E-state index contributed by atoms with van der Waals surface area (Å²) >= 11 is 0. The molecule has 0 radical (unpaired) electrons. The molecule has 4 rings (SSSR count). The maximum atomic E-state index is 13.1. The second-order valence-electron chi connectivity index (χ2n) is 8.34. The van der Waals surface area contributed by atoms with Gasteiger partial charge in [-0.1, -0.05) is 57.4 Å². The van der Waals surface area contributed by atoms with E-state index < -0.39 is 0 Å². The van der Waals surface area contributed by atoms with Gasteiger partial charge in [-0.2, -0.15) is 0 Å². The molecule has 0 aliphatic rings. The maximum absolute atomic E-state index is 13.1. The number of nitrogens with zero attached hydrogens (tertiary/aromatic N) is 6. The summed E-state index contributed by atoms with van der Waals surface area (Å²) in [6.07, 6.45) is 10.3. The molecule has 33 heavy (non-hydrogen) atoms. The molecule has 0 aliphatic carbocycles. The molecule has 0 spiro atoms. The number of unbranched alkanes of at least 4 members (excludes halogenated alkanes) is 3. The smallest absolute Gasteiger partial charge is 0.299 e. The number of pyridine rings is 1. The molecule has 0 amide bonds. The van der Waals surface area contributed by atoms with E-state index in [2.05, 4.69) is 57.8 Å². The summed E-state index contributed by atoms with van der Waals surface area (Å²) < 4.78 is 3.82. The Morgan fingerprint density at radius 2 is 1.82 bits per heavy atom. The molecule has 0 fully saturated rings. The fourth-order valence-electron chi connectivity index (χ4n) is 4.05. The fraction of sp³-hybridized carbons (Fsp3) is 0.400. The molecule has 0 aliphatic heterocycles. The SMILES string of the molecule is CCCCCn1cc(CCCC)n(Cc2ccc(-c3ncccc3-c3nnn[nH]3)cc2)c1=O. The third-order valence-corrected chi connectivity index (χ3v) is 5.89. The lowest BCUT2D eigenvalue weighted by atomic mass is 10.0. The number of aromatic nitrogens is 7. The van der Waals surface area contributed by atoms with E-state index in [4.69, 9.17) is 0 Å². The number of nitrogens with one attached hydrogen (secondary N) is 1. The molecule has 8 heteroatoms. The van der Waals surface area contributed by atoms with Crippen molar-refractivity contribution in [1.29, 1.82) is 0 Å². The first-order chi connectivity index (χ1) is 16.2. The zero-order chi connectivity index (χ0) is 23.0. The van der Waals surface area contributed by atoms with Gasteiger partial charge in [0.2, 0.25) is 0 Å². The Balaban J connectivity index is 1.58. The Bertz CT molecular complexity index is 1210. The Kier molecular flexibility index (Phi) is 7.44. The summed E-state index contributed by atoms with van der Waals surface area (Å²) in [6.45, 7) is 5.72. The van der Waals surface area contributed by atoms with Crippen molar-refractivity contribution in [2.24, 2.45) is 0 Å². The number of hydrogen-bond acceptors (Lipinski definition) is 5. The second kappa shape index (κ2) is 10.8. The third kappa shape index (κ3) is 5.27. The predicted octanol–water partition coefficient (Wildman–Crippen LogP) is 4.47. The number of aryl methyl sites for hydroxylation is 2. The van der Waals surface area contributed by atoms with Gasteiger partial charge in [0.15, 0.2) is 5.82 Å². The molecule has 1 N–H and O–H groups in total. The summed E-state index contributed by atoms with van der Waals surface area (Å²) in [5.41, 5.74) is 4.92. The molecule has 0 saturated heterocycles. The zero-order valence-corrected chi connectivity index (χ0v) is 19.4. The van der Waals surface area contributed by atoms with Gasteiger partial charge in [-0.15, -0.1) is 5.10 Å². The number of benzene rings is 1. The van der Waals surface area contributed by atoms with E-state index in [9.17, 15) is 4.79 Å². The Hall–Kier alpha value is -3.55. The lowest BCUT2D eigenvalue weighted by Crippen LogP contribution is -2.25. The highest BCUT2D eigenvalue weighted by molar-refractivity contribution is 5.76. The van der Waals surface area contributed by atoms with Crippen LogP contribution in [0.15, 0.2) is 53.6 Å². The average Bonchev–Trinajstić information content (AvgIpc) is 3.48. The summed E-state index contributed by atoms with van der Waals surface area (Å²) in [7, 11) is 0. The minimum absolute atomic E-state index is 0.0890. The summed E-state index contributed by atoms with van der Waals surface area (Å²) in [4.78, 5) is 17.7. The molecule has 0 atom stereocenters. The van der Waals surface area contributed by atoms with Gasteiger partial charge >= 0.3 is 5.69 Å². The highest BCUT2D eigenvalue weighted by atomic mass is 16.1. The molecule has 172 valence electrons. The first kappa shape index (κ1) is 22.6. The minimum atomic E-state index is 0.0890. The van der Waals surface area contributed by atoms with Gasteiger partial charge < -0.3 is 0 Å². The Labute approximate surface area is 193 Å². The van der Waals surface area contributed by atoms with E-state index in [1.54, 1.807) is 6.20 Å². The molecule has 0 unspecified atom stereocenters. The zero-order valence-electron chi connectivity index (χ0n) is 19.4. The number of hydrogen-bond donors (Lipinski definition) is 1. The van der Waals surface area contributed by atoms with Crippen molar-refractivity contribution in [3.8, 4) is 22.6 Å². The molecule has 4 aromatic rings. The van der Waals surface area contributed by atoms with E-state index in [-0.39, 0.29) is 5.69 Å². The normalized spacial score (nSPS) is 11.2. The van der Waals surface area contributed by atoms with Crippen molar-refractivity contribution in [2.75, 3.05) is 0 Å². The highest BCUT2D eigenvalue weighted by Gasteiger charge is 2.14. The van der Waals surface area contributed by atoms with Gasteiger partial charge in [-0.3, -0.25) is 14.1 Å². The summed E-state index contributed by atoms with van der Waals surface area (Å²) in [5.74, 6) is 0.582. The van der Waals surface area contributed by atoms with Crippen LogP contribution in [-0.2, 0) is 19.5 Å². The van der Waals surface area contributed by atoms with Crippen molar-refractivity contribution in [3.63, 3.8) is 0 Å². The van der Waals surface area contributed by atoms with Crippen LogP contribution in [0.4, 0.5) is 0 Å². The van der Waals surface area contributed by atoms with Crippen LogP contribution in [0.2, 0.25) is 0 Å². The van der Waals surface area contributed by atoms with E-state index in [0.717, 1.165) is 73.1 Å². The number of imidazole rings is 1. The van der Waals surface area contributed by atoms with Gasteiger partial charge in [0.25, 0.3) is 0 Å². The molecular weight excluding hydrogens is 414 g/mol. The molecule has 0 bridgehead atoms. The lowest BCUT2D eigenvalue weighted by molar-refractivity contribution is 0.573. The van der Waals surface area contributed by atoms with Gasteiger partial charge in [0.1, 0.15) is 0 Å². The molecule has 8 nitrogen and oxygen atoms in total. The largest absolute Gasteiger partial charge is 0.328 e. The number of rotatable bonds is 11. The maximum Gasteiger partial charge on any atom is 0.328 e. The predicted molar refractivity (Wildman–Crippen MR) is 129 cm³/mol. The fourth-order valence-corrected chi connectivity index (χ4v) is 4.05. The summed E-state index contributed by atoms with van der Waals surface area (Å²) in [6, 6.07) is 12.0. The Morgan fingerprint density at radius 1 is 1.00 bits per heavy atom. The lowest BCUT2D eigenvalue weighted by Gasteiger charge is -2.09. The van der Waals surface area contributed by atoms with Crippen molar-refractivity contribution in [2.45, 2.75) is 65.5 Å². The van der Waals surface area contributed by atoms with Crippen molar-refractivity contribution in [3.05, 3.63) is 70.5 Å². The highest BCUT2D eigenvalue weighted by Crippen LogP contribution is 2.27. The van der Waals surface area contributed by atoms with Crippen LogP contribution < -0.4 is 5.69 Å². The van der Waals surface area contributed by atoms with Crippen LogP contribution in [0, 0.1) is 0 Å².